The van der Waals surface area contributed by atoms with Gasteiger partial charge in [-0.3, -0.25) is 19.8 Å². The Kier molecular flexibility index (Phi) is 8.94. The molecule has 2 atom stereocenters. The number of nitrogens with zero attached hydrogens (tertiary/aromatic N) is 1. The molecule has 7 nitrogen and oxygen atoms in total. The number of carbonyl (C=O) groups is 3. The summed E-state index contributed by atoms with van der Waals surface area (Å²) in [5.41, 5.74) is 1.03. The molecule has 0 bridgehead atoms. The SMILES string of the molecule is COC(=O)CCN(CC(=O)NC(=O)N[C@H]1CCCC[C@H]1C)Cc1ccccc1. The molecule has 2 N–H and O–H groups in total. The summed E-state index contributed by atoms with van der Waals surface area (Å²) >= 11 is 0. The van der Waals surface area contributed by atoms with Crippen LogP contribution in [-0.2, 0) is 20.9 Å². The van der Waals surface area contributed by atoms with Gasteiger partial charge in [0.25, 0.3) is 0 Å². The molecule has 0 saturated heterocycles. The molecule has 1 aromatic carbocycles. The number of hydrogen-bond acceptors (Lipinski definition) is 5. The van der Waals surface area contributed by atoms with Crippen molar-refractivity contribution in [2.75, 3.05) is 20.2 Å². The lowest BCUT2D eigenvalue weighted by atomic mass is 9.86. The van der Waals surface area contributed by atoms with Crippen LogP contribution in [0.25, 0.3) is 0 Å². The fourth-order valence-electron chi connectivity index (χ4n) is 3.51. The van der Waals surface area contributed by atoms with Crippen molar-refractivity contribution >= 4 is 17.9 Å². The number of ether oxygens (including phenoxy) is 1. The van der Waals surface area contributed by atoms with Crippen LogP contribution in [0.3, 0.4) is 0 Å². The largest absolute Gasteiger partial charge is 0.469 e. The Morgan fingerprint density at radius 3 is 2.54 bits per heavy atom. The molecule has 1 fully saturated rings. The number of benzene rings is 1. The third-order valence-corrected chi connectivity index (χ3v) is 5.16. The molecule has 154 valence electrons. The van der Waals surface area contributed by atoms with Gasteiger partial charge in [-0.15, -0.1) is 0 Å². The molecule has 1 aliphatic rings. The molecule has 1 aromatic rings. The highest BCUT2D eigenvalue weighted by Crippen LogP contribution is 2.23. The second kappa shape index (κ2) is 11.4. The van der Waals surface area contributed by atoms with Crippen LogP contribution in [0, 0.1) is 5.92 Å². The van der Waals surface area contributed by atoms with Crippen LogP contribution < -0.4 is 10.6 Å². The number of esters is 1. The molecule has 0 aromatic heterocycles. The van der Waals surface area contributed by atoms with E-state index in [2.05, 4.69) is 22.3 Å². The van der Waals surface area contributed by atoms with E-state index >= 15 is 0 Å². The Bertz CT molecular complexity index is 650. The maximum atomic E-state index is 12.4. The molecule has 3 amide bonds. The molecule has 0 unspecified atom stereocenters. The second-order valence-electron chi connectivity index (χ2n) is 7.41. The Morgan fingerprint density at radius 1 is 1.14 bits per heavy atom. The van der Waals surface area contributed by atoms with Gasteiger partial charge in [0.2, 0.25) is 5.91 Å². The van der Waals surface area contributed by atoms with Gasteiger partial charge in [0.15, 0.2) is 0 Å². The van der Waals surface area contributed by atoms with Crippen molar-refractivity contribution in [2.45, 2.75) is 51.6 Å². The number of imide groups is 1. The van der Waals surface area contributed by atoms with E-state index in [1.165, 1.54) is 13.5 Å². The fraction of sp³-hybridized carbons (Fsp3) is 0.571. The molecule has 0 radical (unpaired) electrons. The van der Waals surface area contributed by atoms with E-state index in [4.69, 9.17) is 0 Å². The smallest absolute Gasteiger partial charge is 0.321 e. The first kappa shape index (κ1) is 21.9. The zero-order valence-corrected chi connectivity index (χ0v) is 16.8. The standard InChI is InChI=1S/C21H31N3O4/c1-16-8-6-7-11-18(16)22-21(27)23-19(25)15-24(13-12-20(26)28-2)14-17-9-4-3-5-10-17/h3-5,9-10,16,18H,6-8,11-15H2,1-2H3,(H2,22,23,25,27)/t16-,18+/m1/s1. The summed E-state index contributed by atoms with van der Waals surface area (Å²) in [5.74, 6) is -0.298. The van der Waals surface area contributed by atoms with Crippen LogP contribution in [0.4, 0.5) is 4.79 Å². The predicted octanol–water partition coefficient (Wildman–Crippen LogP) is 2.46. The lowest BCUT2D eigenvalue weighted by molar-refractivity contribution is -0.141. The Balaban J connectivity index is 1.86. The normalized spacial score (nSPS) is 19.1. The average Bonchev–Trinajstić information content (AvgIpc) is 2.68. The molecule has 0 spiro atoms. The van der Waals surface area contributed by atoms with Crippen molar-refractivity contribution in [1.29, 1.82) is 0 Å². The van der Waals surface area contributed by atoms with E-state index in [-0.39, 0.29) is 30.9 Å². The second-order valence-corrected chi connectivity index (χ2v) is 7.41. The van der Waals surface area contributed by atoms with Crippen molar-refractivity contribution in [3.63, 3.8) is 0 Å². The van der Waals surface area contributed by atoms with E-state index in [1.54, 1.807) is 0 Å². The van der Waals surface area contributed by atoms with Crippen LogP contribution in [-0.4, -0.2) is 49.0 Å². The van der Waals surface area contributed by atoms with Crippen molar-refractivity contribution in [3.8, 4) is 0 Å². The average molecular weight is 389 g/mol. The quantitative estimate of drug-likeness (QED) is 0.667. The summed E-state index contributed by atoms with van der Waals surface area (Å²) in [4.78, 5) is 37.8. The molecular formula is C21H31N3O4. The number of methoxy groups -OCH3 is 1. The number of nitrogens with one attached hydrogen (secondary N) is 2. The van der Waals surface area contributed by atoms with Gasteiger partial charge in [-0.25, -0.2) is 4.79 Å². The maximum absolute atomic E-state index is 12.4. The maximum Gasteiger partial charge on any atom is 0.321 e. The van der Waals surface area contributed by atoms with Crippen molar-refractivity contribution < 1.29 is 19.1 Å². The molecule has 28 heavy (non-hydrogen) atoms. The highest BCUT2D eigenvalue weighted by atomic mass is 16.5. The number of carbonyl (C=O) groups excluding carboxylic acids is 3. The number of urea groups is 1. The Labute approximate surface area is 166 Å². The summed E-state index contributed by atoms with van der Waals surface area (Å²) in [6, 6.07) is 9.35. The Hall–Kier alpha value is -2.41. The van der Waals surface area contributed by atoms with Gasteiger partial charge in [0.05, 0.1) is 20.1 Å². The van der Waals surface area contributed by atoms with Crippen LogP contribution in [0.2, 0.25) is 0 Å². The molecule has 2 rings (SSSR count). The van der Waals surface area contributed by atoms with Crippen LogP contribution in [0.5, 0.6) is 0 Å². The first-order valence-corrected chi connectivity index (χ1v) is 9.91. The van der Waals surface area contributed by atoms with Gasteiger partial charge in [-0.05, 0) is 24.3 Å². The molecule has 1 saturated carbocycles. The van der Waals surface area contributed by atoms with E-state index in [9.17, 15) is 14.4 Å². The number of amides is 3. The lowest BCUT2D eigenvalue weighted by Gasteiger charge is -2.29. The van der Waals surface area contributed by atoms with Crippen LogP contribution in [0.1, 0.15) is 44.6 Å². The monoisotopic (exact) mass is 389 g/mol. The minimum absolute atomic E-state index is 0.0273. The third kappa shape index (κ3) is 7.68. The van der Waals surface area contributed by atoms with Crippen molar-refractivity contribution in [2.24, 2.45) is 5.92 Å². The van der Waals surface area contributed by atoms with Crippen LogP contribution >= 0.6 is 0 Å². The molecule has 7 heteroatoms. The summed E-state index contributed by atoms with van der Waals surface area (Å²) in [5, 5.41) is 5.34. The van der Waals surface area contributed by atoms with Gasteiger partial charge in [-0.1, -0.05) is 50.1 Å². The zero-order chi connectivity index (χ0) is 20.4. The van der Waals surface area contributed by atoms with Gasteiger partial charge in [0.1, 0.15) is 0 Å². The minimum Gasteiger partial charge on any atom is -0.469 e. The van der Waals surface area contributed by atoms with E-state index < -0.39 is 6.03 Å². The van der Waals surface area contributed by atoms with E-state index in [1.807, 2.05) is 35.2 Å². The fourth-order valence-corrected chi connectivity index (χ4v) is 3.51. The summed E-state index contributed by atoms with van der Waals surface area (Å²) < 4.78 is 4.68. The Morgan fingerprint density at radius 2 is 1.86 bits per heavy atom. The first-order chi connectivity index (χ1) is 13.5. The summed E-state index contributed by atoms with van der Waals surface area (Å²) in [6.45, 7) is 3.03. The first-order valence-electron chi connectivity index (χ1n) is 9.91. The third-order valence-electron chi connectivity index (χ3n) is 5.16. The lowest BCUT2D eigenvalue weighted by Crippen LogP contribution is -2.49. The van der Waals surface area contributed by atoms with E-state index in [0.29, 0.717) is 19.0 Å². The van der Waals surface area contributed by atoms with Crippen LogP contribution in [0.15, 0.2) is 30.3 Å². The van der Waals surface area contributed by atoms with Gasteiger partial charge >= 0.3 is 12.0 Å². The van der Waals surface area contributed by atoms with Gasteiger partial charge < -0.3 is 10.1 Å². The topological polar surface area (TPSA) is 87.7 Å². The highest BCUT2D eigenvalue weighted by Gasteiger charge is 2.23. The van der Waals surface area contributed by atoms with Gasteiger partial charge in [-0.2, -0.15) is 0 Å². The van der Waals surface area contributed by atoms with Crippen molar-refractivity contribution in [1.82, 2.24) is 15.5 Å². The van der Waals surface area contributed by atoms with E-state index in [0.717, 1.165) is 24.8 Å². The predicted molar refractivity (Wildman–Crippen MR) is 106 cm³/mol. The zero-order valence-electron chi connectivity index (χ0n) is 16.8. The molecule has 1 aliphatic carbocycles. The minimum atomic E-state index is -0.448. The summed E-state index contributed by atoms with van der Waals surface area (Å²) in [6.07, 6.45) is 4.51. The number of rotatable bonds is 8. The number of hydrogen-bond donors (Lipinski definition) is 2. The van der Waals surface area contributed by atoms with Gasteiger partial charge in [0, 0.05) is 19.1 Å². The van der Waals surface area contributed by atoms with Crippen molar-refractivity contribution in [3.05, 3.63) is 35.9 Å². The molecular weight excluding hydrogens is 358 g/mol. The highest BCUT2D eigenvalue weighted by molar-refractivity contribution is 5.95. The summed E-state index contributed by atoms with van der Waals surface area (Å²) in [7, 11) is 1.34. The molecule has 0 heterocycles. The molecule has 0 aliphatic heterocycles.